The number of allylic oxidation sites excluding steroid dienone is 3. The van der Waals surface area contributed by atoms with E-state index in [-0.39, 0.29) is 19.0 Å². The predicted octanol–water partition coefficient (Wildman–Crippen LogP) is 5.15. The van der Waals surface area contributed by atoms with E-state index in [1.54, 1.807) is 6.92 Å². The van der Waals surface area contributed by atoms with Crippen LogP contribution in [0.25, 0.3) is 0 Å². The highest BCUT2D eigenvalue weighted by Gasteiger charge is 2.40. The van der Waals surface area contributed by atoms with Gasteiger partial charge in [0.2, 0.25) is 0 Å². The molecule has 0 amide bonds. The highest BCUT2D eigenvalue weighted by molar-refractivity contribution is 9.10. The summed E-state index contributed by atoms with van der Waals surface area (Å²) in [6, 6.07) is 11.2. The van der Waals surface area contributed by atoms with Gasteiger partial charge in [0, 0.05) is 27.9 Å². The first-order chi connectivity index (χ1) is 15.0. The van der Waals surface area contributed by atoms with E-state index < -0.39 is 11.9 Å². The maximum atomic E-state index is 12.8. The van der Waals surface area contributed by atoms with Gasteiger partial charge in [0.05, 0.1) is 18.1 Å². The van der Waals surface area contributed by atoms with Crippen molar-refractivity contribution in [2.75, 3.05) is 6.61 Å². The summed E-state index contributed by atoms with van der Waals surface area (Å²) in [4.78, 5) is 25.6. The van der Waals surface area contributed by atoms with Crippen molar-refractivity contribution in [1.29, 1.82) is 0 Å². The molecule has 4 rings (SSSR count). The van der Waals surface area contributed by atoms with E-state index in [0.717, 1.165) is 28.8 Å². The Bertz CT molecular complexity index is 1060. The number of ether oxygens (including phenoxy) is 2. The van der Waals surface area contributed by atoms with Crippen LogP contribution in [0.4, 0.5) is 0 Å². The van der Waals surface area contributed by atoms with Crippen LogP contribution in [0.3, 0.4) is 0 Å². The standard InChI is InChI=1S/C24H24BrNO5/c1-3-29-24(28)21-14(2)26-18-5-4-6-19(27)22(18)23(21)20-12-11-17(31-20)13-30-16-9-7-15(25)8-10-16/h7-12,23,26H,3-6,13H2,1-2H3/t23-/m0/s1. The lowest BCUT2D eigenvalue weighted by Gasteiger charge is -2.32. The number of ketones is 1. The molecule has 0 radical (unpaired) electrons. The molecule has 0 fully saturated rings. The number of halogens is 1. The van der Waals surface area contributed by atoms with Crippen LogP contribution in [0.5, 0.6) is 5.75 Å². The number of hydrogen-bond acceptors (Lipinski definition) is 6. The van der Waals surface area contributed by atoms with Crippen LogP contribution in [0, 0.1) is 0 Å². The lowest BCUT2D eigenvalue weighted by atomic mass is 9.77. The van der Waals surface area contributed by atoms with Crippen molar-refractivity contribution < 1.29 is 23.5 Å². The molecule has 1 aliphatic heterocycles. The predicted molar refractivity (Wildman–Crippen MR) is 118 cm³/mol. The molecule has 1 aromatic heterocycles. The van der Waals surface area contributed by atoms with Crippen LogP contribution in [0.1, 0.15) is 50.5 Å². The van der Waals surface area contributed by atoms with Gasteiger partial charge in [-0.2, -0.15) is 0 Å². The molecule has 1 N–H and O–H groups in total. The fraction of sp³-hybridized carbons (Fsp3) is 0.333. The highest BCUT2D eigenvalue weighted by atomic mass is 79.9. The van der Waals surface area contributed by atoms with Crippen LogP contribution in [0.15, 0.2) is 67.8 Å². The van der Waals surface area contributed by atoms with E-state index in [1.807, 2.05) is 43.3 Å². The summed E-state index contributed by atoms with van der Waals surface area (Å²) in [7, 11) is 0. The summed E-state index contributed by atoms with van der Waals surface area (Å²) in [5.74, 6) is 0.898. The van der Waals surface area contributed by atoms with Crippen molar-refractivity contribution in [2.45, 2.75) is 45.6 Å². The van der Waals surface area contributed by atoms with Gasteiger partial charge in [0.25, 0.3) is 0 Å². The number of carbonyl (C=O) groups is 2. The van der Waals surface area contributed by atoms with Crippen LogP contribution >= 0.6 is 15.9 Å². The molecule has 2 aromatic rings. The fourth-order valence-electron chi connectivity index (χ4n) is 4.06. The number of carbonyl (C=O) groups excluding carboxylic acids is 2. The molecule has 31 heavy (non-hydrogen) atoms. The molecule has 162 valence electrons. The maximum Gasteiger partial charge on any atom is 0.336 e. The Morgan fingerprint density at radius 1 is 1.19 bits per heavy atom. The molecule has 6 nitrogen and oxygen atoms in total. The second-order valence-corrected chi connectivity index (χ2v) is 8.45. The molecule has 7 heteroatoms. The summed E-state index contributed by atoms with van der Waals surface area (Å²) in [5, 5.41) is 3.26. The van der Waals surface area contributed by atoms with Crippen LogP contribution < -0.4 is 10.1 Å². The summed E-state index contributed by atoms with van der Waals surface area (Å²) < 4.78 is 18.2. The van der Waals surface area contributed by atoms with E-state index in [0.29, 0.717) is 34.8 Å². The number of hydrogen-bond donors (Lipinski definition) is 1. The van der Waals surface area contributed by atoms with Crippen molar-refractivity contribution in [3.8, 4) is 5.75 Å². The van der Waals surface area contributed by atoms with Crippen molar-refractivity contribution >= 4 is 27.7 Å². The van der Waals surface area contributed by atoms with Crippen LogP contribution in [0.2, 0.25) is 0 Å². The van der Waals surface area contributed by atoms with E-state index in [2.05, 4.69) is 21.2 Å². The minimum absolute atomic E-state index is 0.0390. The molecule has 0 saturated heterocycles. The van der Waals surface area contributed by atoms with Crippen molar-refractivity contribution in [3.05, 3.63) is 74.9 Å². The monoisotopic (exact) mass is 485 g/mol. The lowest BCUT2D eigenvalue weighted by Crippen LogP contribution is -2.34. The third-order valence-corrected chi connectivity index (χ3v) is 5.96. The first-order valence-electron chi connectivity index (χ1n) is 10.4. The van der Waals surface area contributed by atoms with Gasteiger partial charge in [0.1, 0.15) is 23.9 Å². The molecular weight excluding hydrogens is 462 g/mol. The summed E-state index contributed by atoms with van der Waals surface area (Å²) >= 11 is 3.40. The molecule has 1 aromatic carbocycles. The van der Waals surface area contributed by atoms with Gasteiger partial charge in [-0.3, -0.25) is 4.79 Å². The lowest BCUT2D eigenvalue weighted by molar-refractivity contribution is -0.138. The van der Waals surface area contributed by atoms with Crippen molar-refractivity contribution in [2.24, 2.45) is 0 Å². The molecule has 0 unspecified atom stereocenters. The van der Waals surface area contributed by atoms with Gasteiger partial charge in [-0.1, -0.05) is 15.9 Å². The average Bonchev–Trinajstić information content (AvgIpc) is 3.21. The first kappa shape index (κ1) is 21.4. The van der Waals surface area contributed by atoms with Gasteiger partial charge < -0.3 is 19.2 Å². The Morgan fingerprint density at radius 2 is 1.97 bits per heavy atom. The smallest absolute Gasteiger partial charge is 0.336 e. The van der Waals surface area contributed by atoms with Crippen LogP contribution in [-0.4, -0.2) is 18.4 Å². The SMILES string of the molecule is CCOC(=O)C1=C(C)NC2=C(C(=O)CCC2)[C@H]1c1ccc(COc2ccc(Br)cc2)o1. The summed E-state index contributed by atoms with van der Waals surface area (Å²) in [6.45, 7) is 4.10. The second kappa shape index (κ2) is 9.14. The van der Waals surface area contributed by atoms with Gasteiger partial charge in [-0.25, -0.2) is 4.79 Å². The van der Waals surface area contributed by atoms with E-state index in [9.17, 15) is 9.59 Å². The minimum Gasteiger partial charge on any atom is -0.486 e. The fourth-order valence-corrected chi connectivity index (χ4v) is 4.32. The van der Waals surface area contributed by atoms with E-state index in [4.69, 9.17) is 13.9 Å². The minimum atomic E-state index is -0.579. The first-order valence-corrected chi connectivity index (χ1v) is 11.1. The van der Waals surface area contributed by atoms with Crippen molar-refractivity contribution in [3.63, 3.8) is 0 Å². The molecule has 0 saturated carbocycles. The number of benzene rings is 1. The highest BCUT2D eigenvalue weighted by Crippen LogP contribution is 2.43. The molecule has 0 bridgehead atoms. The number of furan rings is 1. The number of esters is 1. The maximum absolute atomic E-state index is 12.8. The molecule has 1 aliphatic carbocycles. The van der Waals surface area contributed by atoms with Gasteiger partial charge in [-0.05, 0) is 63.1 Å². The molecule has 2 aliphatic rings. The summed E-state index contributed by atoms with van der Waals surface area (Å²) in [6.07, 6.45) is 2.03. The Kier molecular flexibility index (Phi) is 6.32. The normalized spacial score (nSPS) is 18.5. The largest absolute Gasteiger partial charge is 0.486 e. The number of Topliss-reactive ketones (excluding diaryl/α,β-unsaturated/α-hetero) is 1. The third kappa shape index (κ3) is 4.46. The van der Waals surface area contributed by atoms with Gasteiger partial charge >= 0.3 is 5.97 Å². The molecule has 2 heterocycles. The second-order valence-electron chi connectivity index (χ2n) is 7.53. The Labute approximate surface area is 189 Å². The number of rotatable bonds is 6. The average molecular weight is 486 g/mol. The molecule has 1 atom stereocenters. The topological polar surface area (TPSA) is 77.8 Å². The zero-order valence-electron chi connectivity index (χ0n) is 17.5. The Morgan fingerprint density at radius 3 is 2.71 bits per heavy atom. The zero-order chi connectivity index (χ0) is 22.0. The Hall–Kier alpha value is -2.80. The van der Waals surface area contributed by atoms with Gasteiger partial charge in [0.15, 0.2) is 5.78 Å². The molecular formula is C24H24BrNO5. The summed E-state index contributed by atoms with van der Waals surface area (Å²) in [5.41, 5.74) is 2.59. The quantitative estimate of drug-likeness (QED) is 0.569. The number of nitrogens with one attached hydrogen (secondary N) is 1. The Balaban J connectivity index is 1.64. The number of dihydropyridines is 1. The van der Waals surface area contributed by atoms with Gasteiger partial charge in [-0.15, -0.1) is 0 Å². The van der Waals surface area contributed by atoms with Crippen LogP contribution in [-0.2, 0) is 20.9 Å². The third-order valence-electron chi connectivity index (χ3n) is 5.43. The van der Waals surface area contributed by atoms with Crippen molar-refractivity contribution in [1.82, 2.24) is 5.32 Å². The van der Waals surface area contributed by atoms with E-state index >= 15 is 0 Å². The zero-order valence-corrected chi connectivity index (χ0v) is 19.1. The molecule has 0 spiro atoms. The van der Waals surface area contributed by atoms with E-state index in [1.165, 1.54) is 0 Å².